The Morgan fingerprint density at radius 1 is 1.19 bits per heavy atom. The zero-order chi connectivity index (χ0) is 12.7. The number of hydrogen-bond acceptors (Lipinski definition) is 3. The third kappa shape index (κ3) is 2.16. The molecule has 1 saturated carbocycles. The van der Waals surface area contributed by atoms with E-state index in [0.29, 0.717) is 0 Å². The molecule has 0 aliphatic heterocycles. The summed E-state index contributed by atoms with van der Waals surface area (Å²) in [5.41, 5.74) is -0.279. The predicted molar refractivity (Wildman–Crippen MR) is 59.0 cm³/mol. The van der Waals surface area contributed by atoms with Gasteiger partial charge < -0.3 is 10.2 Å². The van der Waals surface area contributed by atoms with Crippen molar-refractivity contribution in [3.8, 4) is 0 Å². The lowest BCUT2D eigenvalue weighted by Gasteiger charge is -2.27. The van der Waals surface area contributed by atoms with Crippen LogP contribution in [0.5, 0.6) is 0 Å². The van der Waals surface area contributed by atoms with Crippen LogP contribution in [0.3, 0.4) is 0 Å². The molecule has 0 saturated heterocycles. The molecule has 0 aromatic heterocycles. The van der Waals surface area contributed by atoms with Gasteiger partial charge in [0, 0.05) is 8.07 Å². The average Bonchev–Trinajstić information content (AvgIpc) is 2.41. The Kier molecular flexibility index (Phi) is 3.23. The SMILES string of the molecule is C[Si](C)(C)C1CC(C(=O)O)C(=O)C1C(=O)O. The second-order valence-electron chi connectivity index (χ2n) is 5.32. The summed E-state index contributed by atoms with van der Waals surface area (Å²) in [7, 11) is -1.84. The van der Waals surface area contributed by atoms with Gasteiger partial charge >= 0.3 is 11.9 Å². The molecule has 2 N–H and O–H groups in total. The number of carboxylic acid groups (broad SMARTS) is 2. The van der Waals surface area contributed by atoms with Gasteiger partial charge in [0.2, 0.25) is 0 Å². The fourth-order valence-electron chi connectivity index (χ4n) is 2.29. The van der Waals surface area contributed by atoms with Crippen LogP contribution in [0.25, 0.3) is 0 Å². The zero-order valence-corrected chi connectivity index (χ0v) is 10.6. The molecule has 1 aliphatic carbocycles. The Labute approximate surface area is 94.5 Å². The summed E-state index contributed by atoms with van der Waals surface area (Å²) in [4.78, 5) is 33.6. The molecular weight excluding hydrogens is 228 g/mol. The number of rotatable bonds is 3. The topological polar surface area (TPSA) is 91.7 Å². The average molecular weight is 244 g/mol. The van der Waals surface area contributed by atoms with Crippen molar-refractivity contribution in [2.75, 3.05) is 0 Å². The van der Waals surface area contributed by atoms with E-state index in [0.717, 1.165) is 0 Å². The molecule has 0 amide bonds. The number of Topliss-reactive ketones (excluding diaryl/α,β-unsaturated/α-hetero) is 1. The van der Waals surface area contributed by atoms with Gasteiger partial charge in [-0.05, 0) is 12.0 Å². The fraction of sp³-hybridized carbons (Fsp3) is 0.700. The van der Waals surface area contributed by atoms with Crippen molar-refractivity contribution in [2.45, 2.75) is 31.6 Å². The van der Waals surface area contributed by atoms with Crippen molar-refractivity contribution in [3.63, 3.8) is 0 Å². The first-order valence-electron chi connectivity index (χ1n) is 5.15. The molecule has 0 bridgehead atoms. The van der Waals surface area contributed by atoms with Crippen LogP contribution < -0.4 is 0 Å². The smallest absolute Gasteiger partial charge is 0.314 e. The summed E-state index contributed by atoms with van der Waals surface area (Å²) in [6, 6.07) is 0. The highest BCUT2D eigenvalue weighted by Gasteiger charge is 2.53. The summed E-state index contributed by atoms with van der Waals surface area (Å²) in [5, 5.41) is 17.9. The maximum absolute atomic E-state index is 11.7. The maximum atomic E-state index is 11.7. The van der Waals surface area contributed by atoms with Gasteiger partial charge in [-0.1, -0.05) is 19.6 Å². The van der Waals surface area contributed by atoms with Gasteiger partial charge in [0.1, 0.15) is 11.8 Å². The Morgan fingerprint density at radius 3 is 1.94 bits per heavy atom. The summed E-state index contributed by atoms with van der Waals surface area (Å²) >= 11 is 0. The van der Waals surface area contributed by atoms with Crippen LogP contribution in [-0.2, 0) is 14.4 Å². The van der Waals surface area contributed by atoms with E-state index in [4.69, 9.17) is 10.2 Å². The van der Waals surface area contributed by atoms with Crippen molar-refractivity contribution in [1.82, 2.24) is 0 Å². The fourth-order valence-corrected chi connectivity index (χ4v) is 4.54. The number of carbonyl (C=O) groups is 3. The largest absolute Gasteiger partial charge is 0.481 e. The summed E-state index contributed by atoms with van der Waals surface area (Å²) in [6.45, 7) is 5.89. The highest BCUT2D eigenvalue weighted by Crippen LogP contribution is 2.44. The molecule has 0 spiro atoms. The van der Waals surface area contributed by atoms with Crippen molar-refractivity contribution in [2.24, 2.45) is 11.8 Å². The van der Waals surface area contributed by atoms with Gasteiger partial charge in [-0.15, -0.1) is 0 Å². The van der Waals surface area contributed by atoms with E-state index in [-0.39, 0.29) is 12.0 Å². The van der Waals surface area contributed by atoms with Crippen LogP contribution in [0.1, 0.15) is 6.42 Å². The first-order chi connectivity index (χ1) is 7.16. The lowest BCUT2D eigenvalue weighted by atomic mass is 10.0. The minimum atomic E-state index is -1.84. The first-order valence-corrected chi connectivity index (χ1v) is 8.73. The van der Waals surface area contributed by atoms with Crippen molar-refractivity contribution < 1.29 is 24.6 Å². The number of aliphatic carboxylic acids is 2. The second kappa shape index (κ2) is 4.01. The summed E-state index contributed by atoms with van der Waals surface area (Å²) in [5.74, 6) is -5.25. The number of ketones is 1. The van der Waals surface area contributed by atoms with Crippen LogP contribution in [0.2, 0.25) is 25.2 Å². The Hall–Kier alpha value is -1.17. The lowest BCUT2D eigenvalue weighted by molar-refractivity contribution is -0.148. The Balaban J connectivity index is 3.07. The molecule has 1 aliphatic rings. The van der Waals surface area contributed by atoms with Crippen molar-refractivity contribution in [1.29, 1.82) is 0 Å². The highest BCUT2D eigenvalue weighted by molar-refractivity contribution is 6.78. The molecule has 3 unspecified atom stereocenters. The predicted octanol–water partition coefficient (Wildman–Crippen LogP) is 1.07. The quantitative estimate of drug-likeness (QED) is 0.572. The van der Waals surface area contributed by atoms with Crippen LogP contribution in [0.4, 0.5) is 0 Å². The highest BCUT2D eigenvalue weighted by atomic mass is 28.3. The molecule has 0 aromatic rings. The molecule has 0 heterocycles. The molecule has 16 heavy (non-hydrogen) atoms. The van der Waals surface area contributed by atoms with E-state index >= 15 is 0 Å². The van der Waals surface area contributed by atoms with Gasteiger partial charge in [-0.25, -0.2) is 0 Å². The van der Waals surface area contributed by atoms with E-state index in [2.05, 4.69) is 0 Å². The van der Waals surface area contributed by atoms with Gasteiger partial charge in [-0.2, -0.15) is 0 Å². The maximum Gasteiger partial charge on any atom is 0.314 e. The number of hydrogen-bond donors (Lipinski definition) is 2. The molecule has 6 heteroatoms. The molecule has 5 nitrogen and oxygen atoms in total. The normalized spacial score (nSPS) is 30.4. The molecule has 0 radical (unpaired) electrons. The van der Waals surface area contributed by atoms with E-state index < -0.39 is 37.6 Å². The van der Waals surface area contributed by atoms with Crippen LogP contribution >= 0.6 is 0 Å². The van der Waals surface area contributed by atoms with Gasteiger partial charge in [-0.3, -0.25) is 14.4 Å². The monoisotopic (exact) mass is 244 g/mol. The molecule has 3 atom stereocenters. The second-order valence-corrected chi connectivity index (χ2v) is 10.8. The third-order valence-electron chi connectivity index (χ3n) is 3.22. The van der Waals surface area contributed by atoms with Gasteiger partial charge in [0.05, 0.1) is 0 Å². The molecule has 0 aromatic carbocycles. The van der Waals surface area contributed by atoms with Gasteiger partial charge in [0.15, 0.2) is 5.78 Å². The molecule has 1 fully saturated rings. The van der Waals surface area contributed by atoms with E-state index in [1.807, 2.05) is 19.6 Å². The van der Waals surface area contributed by atoms with Gasteiger partial charge in [0.25, 0.3) is 0 Å². The van der Waals surface area contributed by atoms with Crippen LogP contribution in [0, 0.1) is 11.8 Å². The Morgan fingerprint density at radius 2 is 1.69 bits per heavy atom. The molecule has 90 valence electrons. The van der Waals surface area contributed by atoms with E-state index in [1.54, 1.807) is 0 Å². The molecule has 1 rings (SSSR count). The minimum Gasteiger partial charge on any atom is -0.481 e. The van der Waals surface area contributed by atoms with E-state index in [1.165, 1.54) is 0 Å². The lowest BCUT2D eigenvalue weighted by Crippen LogP contribution is -2.36. The summed E-state index contributed by atoms with van der Waals surface area (Å²) in [6.07, 6.45) is 0.181. The van der Waals surface area contributed by atoms with Crippen LogP contribution in [0.15, 0.2) is 0 Å². The third-order valence-corrected chi connectivity index (χ3v) is 6.01. The summed E-state index contributed by atoms with van der Waals surface area (Å²) < 4.78 is 0. The number of carbonyl (C=O) groups excluding carboxylic acids is 1. The Bertz CT molecular complexity index is 344. The van der Waals surface area contributed by atoms with Crippen molar-refractivity contribution in [3.05, 3.63) is 0 Å². The first kappa shape index (κ1) is 12.9. The molecular formula is C10H16O5Si. The van der Waals surface area contributed by atoms with Crippen molar-refractivity contribution >= 4 is 25.8 Å². The van der Waals surface area contributed by atoms with E-state index in [9.17, 15) is 14.4 Å². The standard InChI is InChI=1S/C10H16O5Si/c1-16(2,3)6-4-5(9(12)13)8(11)7(6)10(14)15/h5-7H,4H2,1-3H3,(H,12,13)(H,14,15). The zero-order valence-electron chi connectivity index (χ0n) is 9.56. The number of carboxylic acids is 2. The minimum absolute atomic E-state index is 0.181. The van der Waals surface area contributed by atoms with Crippen LogP contribution in [-0.4, -0.2) is 36.0 Å².